The van der Waals surface area contributed by atoms with Crippen LogP contribution in [0.5, 0.6) is 0 Å². The molecule has 2 heterocycles. The Bertz CT molecular complexity index is 348. The first kappa shape index (κ1) is 8.98. The molecule has 1 atom stereocenters. The van der Waals surface area contributed by atoms with Crippen molar-refractivity contribution in [2.24, 2.45) is 5.92 Å². The van der Waals surface area contributed by atoms with E-state index in [4.69, 9.17) is 5.11 Å². The zero-order valence-electron chi connectivity index (χ0n) is 6.90. The number of aryl methyl sites for hydroxylation is 1. The molecule has 1 aromatic rings. The van der Waals surface area contributed by atoms with Crippen LogP contribution < -0.4 is 0 Å². The maximum atomic E-state index is 10.8. The van der Waals surface area contributed by atoms with E-state index in [1.807, 2.05) is 4.68 Å². The van der Waals surface area contributed by atoms with Crippen LogP contribution in [0.2, 0.25) is 0 Å². The van der Waals surface area contributed by atoms with E-state index in [-0.39, 0.29) is 5.92 Å². The number of carboxylic acids is 1. The highest BCUT2D eigenvalue weighted by molar-refractivity contribution is 14.1. The molecular formula is C8H9IN2O2. The first-order valence-electron chi connectivity index (χ1n) is 4.11. The molecule has 0 bridgehead atoms. The predicted molar refractivity (Wildman–Crippen MR) is 54.4 cm³/mol. The van der Waals surface area contributed by atoms with E-state index in [9.17, 15) is 4.79 Å². The molecule has 0 spiro atoms. The number of fused-ring (bicyclic) bond motifs is 1. The second kappa shape index (κ2) is 3.28. The Morgan fingerprint density at radius 3 is 3.23 bits per heavy atom. The Morgan fingerprint density at radius 1 is 1.77 bits per heavy atom. The molecule has 1 aliphatic rings. The highest BCUT2D eigenvalue weighted by Crippen LogP contribution is 2.23. The van der Waals surface area contributed by atoms with E-state index in [1.54, 1.807) is 6.20 Å². The molecule has 0 radical (unpaired) electrons. The highest BCUT2D eigenvalue weighted by atomic mass is 127. The number of aromatic nitrogens is 2. The lowest BCUT2D eigenvalue weighted by Crippen LogP contribution is -2.26. The second-order valence-corrected chi connectivity index (χ2v) is 4.35. The van der Waals surface area contributed by atoms with Gasteiger partial charge in [0.05, 0.1) is 21.4 Å². The normalized spacial score (nSPS) is 21.2. The molecule has 0 saturated heterocycles. The van der Waals surface area contributed by atoms with Crippen molar-refractivity contribution in [3.05, 3.63) is 15.5 Å². The molecule has 0 saturated carbocycles. The quantitative estimate of drug-likeness (QED) is 0.790. The van der Waals surface area contributed by atoms with Crippen molar-refractivity contribution in [3.8, 4) is 0 Å². The number of hydrogen-bond acceptors (Lipinski definition) is 2. The maximum Gasteiger partial charge on any atom is 0.306 e. The second-order valence-electron chi connectivity index (χ2n) is 3.19. The summed E-state index contributed by atoms with van der Waals surface area (Å²) in [6, 6.07) is 0. The third-order valence-electron chi connectivity index (χ3n) is 2.38. The zero-order chi connectivity index (χ0) is 9.42. The third-order valence-corrected chi connectivity index (χ3v) is 3.28. The number of aliphatic carboxylic acids is 1. The minimum atomic E-state index is -0.691. The van der Waals surface area contributed by atoms with E-state index in [2.05, 4.69) is 27.7 Å². The minimum absolute atomic E-state index is 0.224. The summed E-state index contributed by atoms with van der Waals surface area (Å²) < 4.78 is 2.98. The topological polar surface area (TPSA) is 55.1 Å². The lowest BCUT2D eigenvalue weighted by Gasteiger charge is -2.19. The summed E-state index contributed by atoms with van der Waals surface area (Å²) in [5.74, 6) is -0.916. The van der Waals surface area contributed by atoms with Gasteiger partial charge in [-0.05, 0) is 29.0 Å². The van der Waals surface area contributed by atoms with Gasteiger partial charge in [-0.15, -0.1) is 0 Å². The smallest absolute Gasteiger partial charge is 0.306 e. The molecule has 13 heavy (non-hydrogen) atoms. The average Bonchev–Trinajstić information content (AvgIpc) is 2.47. The van der Waals surface area contributed by atoms with E-state index in [0.29, 0.717) is 12.8 Å². The standard InChI is InChI=1S/C8H9IN2O2/c9-6-4-10-11-2-1-5(8(12)13)3-7(6)11/h4-5H,1-3H2,(H,12,13). The molecule has 2 rings (SSSR count). The van der Waals surface area contributed by atoms with Crippen LogP contribution in [-0.2, 0) is 17.8 Å². The minimum Gasteiger partial charge on any atom is -0.481 e. The Hall–Kier alpha value is -0.590. The fourth-order valence-electron chi connectivity index (χ4n) is 1.61. The maximum absolute atomic E-state index is 10.8. The van der Waals surface area contributed by atoms with Gasteiger partial charge >= 0.3 is 5.97 Å². The summed E-state index contributed by atoms with van der Waals surface area (Å²) in [5.41, 5.74) is 1.07. The fraction of sp³-hybridized carbons (Fsp3) is 0.500. The molecule has 70 valence electrons. The monoisotopic (exact) mass is 292 g/mol. The van der Waals surface area contributed by atoms with Crippen LogP contribution in [0, 0.1) is 9.49 Å². The molecule has 0 fully saturated rings. The van der Waals surface area contributed by atoms with Crippen LogP contribution in [0.4, 0.5) is 0 Å². The predicted octanol–water partition coefficient (Wildman–Crippen LogP) is 1.13. The summed E-state index contributed by atoms with van der Waals surface area (Å²) in [6.45, 7) is 0.731. The Balaban J connectivity index is 2.27. The number of carboxylic acid groups (broad SMARTS) is 1. The van der Waals surface area contributed by atoms with Gasteiger partial charge in [0.1, 0.15) is 0 Å². The van der Waals surface area contributed by atoms with Crippen LogP contribution in [0.15, 0.2) is 6.20 Å². The fourth-order valence-corrected chi connectivity index (χ4v) is 2.23. The molecule has 1 N–H and O–H groups in total. The highest BCUT2D eigenvalue weighted by Gasteiger charge is 2.26. The number of rotatable bonds is 1. The molecule has 1 unspecified atom stereocenters. The molecule has 5 heteroatoms. The average molecular weight is 292 g/mol. The molecular weight excluding hydrogens is 283 g/mol. The zero-order valence-corrected chi connectivity index (χ0v) is 9.06. The van der Waals surface area contributed by atoms with Crippen LogP contribution in [0.25, 0.3) is 0 Å². The van der Waals surface area contributed by atoms with Crippen molar-refractivity contribution in [2.75, 3.05) is 0 Å². The summed E-state index contributed by atoms with van der Waals surface area (Å²) in [5, 5.41) is 13.0. The SMILES string of the molecule is O=C(O)C1CCn2ncc(I)c2C1. The summed E-state index contributed by atoms with van der Waals surface area (Å²) in [6.07, 6.45) is 3.10. The van der Waals surface area contributed by atoms with Crippen molar-refractivity contribution in [1.29, 1.82) is 0 Å². The van der Waals surface area contributed by atoms with Gasteiger partial charge in [-0.3, -0.25) is 9.48 Å². The van der Waals surface area contributed by atoms with Gasteiger partial charge in [-0.25, -0.2) is 0 Å². The van der Waals surface area contributed by atoms with Crippen LogP contribution in [-0.4, -0.2) is 20.9 Å². The number of halogens is 1. The van der Waals surface area contributed by atoms with Gasteiger partial charge < -0.3 is 5.11 Å². The molecule has 1 aliphatic heterocycles. The molecule has 0 aliphatic carbocycles. The third kappa shape index (κ3) is 1.56. The van der Waals surface area contributed by atoms with Crippen molar-refractivity contribution in [2.45, 2.75) is 19.4 Å². The molecule has 4 nitrogen and oxygen atoms in total. The summed E-state index contributed by atoms with van der Waals surface area (Å²) >= 11 is 2.20. The van der Waals surface area contributed by atoms with Crippen molar-refractivity contribution >= 4 is 28.6 Å². The lowest BCUT2D eigenvalue weighted by atomic mass is 9.97. The van der Waals surface area contributed by atoms with Crippen LogP contribution in [0.1, 0.15) is 12.1 Å². The van der Waals surface area contributed by atoms with E-state index >= 15 is 0 Å². The first-order chi connectivity index (χ1) is 6.18. The molecule has 0 aromatic carbocycles. The first-order valence-corrected chi connectivity index (χ1v) is 5.19. The molecule has 1 aromatic heterocycles. The van der Waals surface area contributed by atoms with Gasteiger partial charge in [-0.1, -0.05) is 0 Å². The van der Waals surface area contributed by atoms with E-state index < -0.39 is 5.97 Å². The lowest BCUT2D eigenvalue weighted by molar-refractivity contribution is -0.142. The van der Waals surface area contributed by atoms with Gasteiger partial charge in [-0.2, -0.15) is 5.10 Å². The summed E-state index contributed by atoms with van der Waals surface area (Å²) in [4.78, 5) is 10.8. The Labute approximate surface area is 89.1 Å². The van der Waals surface area contributed by atoms with Crippen molar-refractivity contribution < 1.29 is 9.90 Å². The Morgan fingerprint density at radius 2 is 2.54 bits per heavy atom. The van der Waals surface area contributed by atoms with E-state index in [1.165, 1.54) is 0 Å². The van der Waals surface area contributed by atoms with Gasteiger partial charge in [0.25, 0.3) is 0 Å². The van der Waals surface area contributed by atoms with Gasteiger partial charge in [0.2, 0.25) is 0 Å². The van der Waals surface area contributed by atoms with Gasteiger partial charge in [0.15, 0.2) is 0 Å². The van der Waals surface area contributed by atoms with Crippen LogP contribution >= 0.6 is 22.6 Å². The number of hydrogen-bond donors (Lipinski definition) is 1. The largest absolute Gasteiger partial charge is 0.481 e. The van der Waals surface area contributed by atoms with E-state index in [0.717, 1.165) is 15.8 Å². The van der Waals surface area contributed by atoms with Crippen molar-refractivity contribution in [1.82, 2.24) is 9.78 Å². The van der Waals surface area contributed by atoms with Gasteiger partial charge in [0, 0.05) is 13.0 Å². The molecule has 0 amide bonds. The van der Waals surface area contributed by atoms with Crippen molar-refractivity contribution in [3.63, 3.8) is 0 Å². The number of nitrogens with zero attached hydrogens (tertiary/aromatic N) is 2. The Kier molecular flexibility index (Phi) is 2.27. The summed E-state index contributed by atoms with van der Waals surface area (Å²) in [7, 11) is 0. The number of carbonyl (C=O) groups is 1. The van der Waals surface area contributed by atoms with Crippen LogP contribution in [0.3, 0.4) is 0 Å².